The third-order valence-corrected chi connectivity index (χ3v) is 2.21. The monoisotopic (exact) mass is 305 g/mol. The second kappa shape index (κ2) is 5.48. The number of rotatable bonds is 2. The van der Waals surface area contributed by atoms with E-state index in [2.05, 4.69) is 4.74 Å². The van der Waals surface area contributed by atoms with Crippen LogP contribution < -0.4 is 11.1 Å². The second-order valence-corrected chi connectivity index (χ2v) is 3.53. The predicted molar refractivity (Wildman–Crippen MR) is 52.9 cm³/mol. The molecule has 1 amide bonds. The fourth-order valence-corrected chi connectivity index (χ4v) is 1.32. The van der Waals surface area contributed by atoms with Crippen molar-refractivity contribution in [2.75, 3.05) is 7.11 Å². The van der Waals surface area contributed by atoms with E-state index >= 15 is 0 Å². The number of nitrogens with one attached hydrogen (secondary N) is 1. The molecular formula is C9H9F6N3O2. The molecular weight excluding hydrogens is 296 g/mol. The lowest BCUT2D eigenvalue weighted by atomic mass is 9.87. The van der Waals surface area contributed by atoms with E-state index in [1.54, 1.807) is 0 Å². The number of ether oxygens (including phenoxy) is 1. The number of alkyl carbamates (subject to hydrolysis) is 1. The molecule has 114 valence electrons. The Morgan fingerprint density at radius 2 is 1.60 bits per heavy atom. The van der Waals surface area contributed by atoms with Crippen LogP contribution in [0.3, 0.4) is 0 Å². The van der Waals surface area contributed by atoms with Gasteiger partial charge in [-0.1, -0.05) is 0 Å². The summed E-state index contributed by atoms with van der Waals surface area (Å²) >= 11 is 0. The van der Waals surface area contributed by atoms with Crippen molar-refractivity contribution in [1.29, 1.82) is 5.26 Å². The van der Waals surface area contributed by atoms with Gasteiger partial charge in [0.05, 0.1) is 18.8 Å². The van der Waals surface area contributed by atoms with Crippen LogP contribution in [0.25, 0.3) is 0 Å². The van der Waals surface area contributed by atoms with Crippen molar-refractivity contribution in [2.45, 2.75) is 24.8 Å². The van der Waals surface area contributed by atoms with Crippen LogP contribution in [0.5, 0.6) is 0 Å². The van der Waals surface area contributed by atoms with E-state index in [-0.39, 0.29) is 0 Å². The zero-order valence-corrected chi connectivity index (χ0v) is 10.1. The third kappa shape index (κ3) is 2.89. The van der Waals surface area contributed by atoms with Crippen LogP contribution in [0.15, 0.2) is 11.3 Å². The molecule has 0 rings (SSSR count). The number of nitrogens with two attached hydrogens (primary N) is 1. The fraction of sp³-hybridized carbons (Fsp3) is 0.556. The van der Waals surface area contributed by atoms with E-state index in [4.69, 9.17) is 11.0 Å². The zero-order chi connectivity index (χ0) is 16.4. The first-order valence-electron chi connectivity index (χ1n) is 4.71. The first-order chi connectivity index (χ1) is 8.85. The van der Waals surface area contributed by atoms with Gasteiger partial charge in [0.1, 0.15) is 0 Å². The molecule has 0 heterocycles. The van der Waals surface area contributed by atoms with Crippen LogP contribution in [-0.2, 0) is 4.74 Å². The maximum atomic E-state index is 12.9. The molecule has 0 fully saturated rings. The number of carbonyl (C=O) groups excluding carboxylic acids is 1. The van der Waals surface area contributed by atoms with Gasteiger partial charge in [-0.05, 0) is 6.92 Å². The van der Waals surface area contributed by atoms with Crippen LogP contribution in [0.4, 0.5) is 31.1 Å². The van der Waals surface area contributed by atoms with Crippen LogP contribution in [-0.4, -0.2) is 31.1 Å². The Morgan fingerprint density at radius 1 is 1.20 bits per heavy atom. The molecule has 0 aromatic rings. The van der Waals surface area contributed by atoms with Gasteiger partial charge in [-0.2, -0.15) is 31.6 Å². The highest BCUT2D eigenvalue weighted by Gasteiger charge is 2.75. The average Bonchev–Trinajstić information content (AvgIpc) is 2.24. The summed E-state index contributed by atoms with van der Waals surface area (Å²) in [4.78, 5) is 10.9. The van der Waals surface area contributed by atoms with E-state index < -0.39 is 35.3 Å². The first-order valence-corrected chi connectivity index (χ1v) is 4.71. The van der Waals surface area contributed by atoms with E-state index in [1.165, 1.54) is 0 Å². The molecule has 0 aliphatic rings. The lowest BCUT2D eigenvalue weighted by Crippen LogP contribution is -2.68. The van der Waals surface area contributed by atoms with Gasteiger partial charge < -0.3 is 10.5 Å². The lowest BCUT2D eigenvalue weighted by molar-refractivity contribution is -0.290. The smallest absolute Gasteiger partial charge is 0.425 e. The third-order valence-electron chi connectivity index (χ3n) is 2.21. The van der Waals surface area contributed by atoms with Gasteiger partial charge in [-0.15, -0.1) is 0 Å². The molecule has 0 spiro atoms. The number of carbonyl (C=O) groups is 1. The number of methoxy groups -OCH3 is 1. The van der Waals surface area contributed by atoms with E-state index in [9.17, 15) is 31.1 Å². The Kier molecular flexibility index (Phi) is 4.90. The van der Waals surface area contributed by atoms with Crippen LogP contribution in [0, 0.1) is 11.3 Å². The highest BCUT2D eigenvalue weighted by molar-refractivity contribution is 5.70. The number of nitriles is 1. The van der Waals surface area contributed by atoms with E-state index in [0.29, 0.717) is 19.4 Å². The zero-order valence-electron chi connectivity index (χ0n) is 10.1. The van der Waals surface area contributed by atoms with Gasteiger partial charge >= 0.3 is 18.4 Å². The molecule has 0 saturated heterocycles. The van der Waals surface area contributed by atoms with Crippen molar-refractivity contribution in [3.8, 4) is 6.07 Å². The van der Waals surface area contributed by atoms with Gasteiger partial charge in [0, 0.05) is 5.70 Å². The lowest BCUT2D eigenvalue weighted by Gasteiger charge is -2.37. The number of allylic oxidation sites excluding steroid dienone is 1. The van der Waals surface area contributed by atoms with Gasteiger partial charge in [0.15, 0.2) is 0 Å². The summed E-state index contributed by atoms with van der Waals surface area (Å²) in [5.41, 5.74) is -2.96. The van der Waals surface area contributed by atoms with Gasteiger partial charge in [0.25, 0.3) is 5.54 Å². The van der Waals surface area contributed by atoms with Crippen molar-refractivity contribution in [3.63, 3.8) is 0 Å². The summed E-state index contributed by atoms with van der Waals surface area (Å²) in [5, 5.41) is 9.19. The average molecular weight is 305 g/mol. The minimum absolute atomic E-state index is 0.567. The molecule has 0 radical (unpaired) electrons. The number of hydrogen-bond donors (Lipinski definition) is 2. The summed E-state index contributed by atoms with van der Waals surface area (Å²) in [6.45, 7) is 0.670. The van der Waals surface area contributed by atoms with Crippen LogP contribution in [0.1, 0.15) is 6.92 Å². The Hall–Kier alpha value is -2.12. The number of halogens is 6. The Balaban J connectivity index is 6.49. The van der Waals surface area contributed by atoms with Crippen molar-refractivity contribution < 1.29 is 35.9 Å². The van der Waals surface area contributed by atoms with Crippen molar-refractivity contribution in [2.24, 2.45) is 5.73 Å². The van der Waals surface area contributed by atoms with Crippen LogP contribution >= 0.6 is 0 Å². The molecule has 0 unspecified atom stereocenters. The molecule has 5 nitrogen and oxygen atoms in total. The largest absolute Gasteiger partial charge is 0.453 e. The second-order valence-electron chi connectivity index (χ2n) is 3.53. The number of amides is 1. The standard InChI is InChI=1S/C9H9F6N3O2/c1-4(17)5(3-16)7(8(10,11)12,9(13,14)15)18-6(19)20-2/h17H2,1-2H3,(H,18,19)/b5-4+. The summed E-state index contributed by atoms with van der Waals surface area (Å²) in [5.74, 6) is 0. The van der Waals surface area contributed by atoms with Gasteiger partial charge in [0.2, 0.25) is 0 Å². The molecule has 0 aromatic carbocycles. The number of hydrogen-bond acceptors (Lipinski definition) is 4. The Labute approximate surface area is 109 Å². The van der Waals surface area contributed by atoms with E-state index in [0.717, 1.165) is 6.07 Å². The van der Waals surface area contributed by atoms with Crippen molar-refractivity contribution in [1.82, 2.24) is 5.32 Å². The quantitative estimate of drug-likeness (QED) is 0.603. The Morgan fingerprint density at radius 3 is 1.80 bits per heavy atom. The Bertz CT molecular complexity index is 442. The summed E-state index contributed by atoms with van der Waals surface area (Å²) in [6.07, 6.45) is -14.1. The normalized spacial score (nSPS) is 14.2. The molecule has 0 bridgehead atoms. The molecule has 0 saturated carbocycles. The van der Waals surface area contributed by atoms with Gasteiger partial charge in [-0.25, -0.2) is 4.79 Å². The predicted octanol–water partition coefficient (Wildman–Crippen LogP) is 1.96. The molecule has 20 heavy (non-hydrogen) atoms. The van der Waals surface area contributed by atoms with E-state index in [1.807, 2.05) is 0 Å². The summed E-state index contributed by atoms with van der Waals surface area (Å²) in [6, 6.07) is 0.729. The van der Waals surface area contributed by atoms with Crippen LogP contribution in [0.2, 0.25) is 0 Å². The first kappa shape index (κ1) is 17.9. The van der Waals surface area contributed by atoms with Crippen molar-refractivity contribution >= 4 is 6.09 Å². The number of alkyl halides is 6. The summed E-state index contributed by atoms with van der Waals surface area (Å²) < 4.78 is 81.4. The molecule has 0 atom stereocenters. The molecule has 0 aliphatic heterocycles. The maximum absolute atomic E-state index is 12.9. The fourth-order valence-electron chi connectivity index (χ4n) is 1.32. The molecule has 0 aliphatic carbocycles. The van der Waals surface area contributed by atoms with Gasteiger partial charge in [-0.3, -0.25) is 5.32 Å². The topological polar surface area (TPSA) is 88.1 Å². The number of nitrogens with zero attached hydrogens (tertiary/aromatic N) is 1. The highest BCUT2D eigenvalue weighted by Crippen LogP contribution is 2.48. The molecule has 3 N–H and O–H groups in total. The van der Waals surface area contributed by atoms with Crippen molar-refractivity contribution in [3.05, 3.63) is 11.3 Å². The minimum atomic E-state index is -6.06. The highest BCUT2D eigenvalue weighted by atomic mass is 19.4. The molecule has 0 aromatic heterocycles. The summed E-state index contributed by atoms with van der Waals surface area (Å²) in [7, 11) is 0.567. The maximum Gasteiger partial charge on any atom is 0.425 e. The minimum Gasteiger partial charge on any atom is -0.453 e. The SMILES string of the molecule is COC(=O)NC(/C(C#N)=C(\C)N)(C(F)(F)F)C(F)(F)F. The molecule has 11 heteroatoms.